The van der Waals surface area contributed by atoms with Gasteiger partial charge in [-0.1, -0.05) is 24.3 Å². The van der Waals surface area contributed by atoms with Crippen molar-refractivity contribution in [3.05, 3.63) is 77.4 Å². The summed E-state index contributed by atoms with van der Waals surface area (Å²) in [5.74, 6) is 0.220. The number of alkyl halides is 1. The molecule has 2 aliphatic rings. The van der Waals surface area contributed by atoms with Crippen LogP contribution in [0.4, 0.5) is 22.0 Å². The molecule has 0 saturated carbocycles. The highest BCUT2D eigenvalue weighted by atomic mass is 35.5. The summed E-state index contributed by atoms with van der Waals surface area (Å²) in [5.41, 5.74) is 3.83. The first-order valence-corrected chi connectivity index (χ1v) is 15.6. The van der Waals surface area contributed by atoms with Gasteiger partial charge in [-0.25, -0.2) is 9.78 Å². The fraction of sp³-hybridized carbons (Fsp3) is 0.294. The smallest absolute Gasteiger partial charge is 0.413 e. The molecule has 11 nitrogen and oxygen atoms in total. The quantitative estimate of drug-likeness (QED) is 0.198. The van der Waals surface area contributed by atoms with Crippen LogP contribution in [-0.2, 0) is 18.2 Å². The normalized spacial score (nSPS) is 15.8. The van der Waals surface area contributed by atoms with E-state index in [1.165, 1.54) is 0 Å². The molecule has 4 heterocycles. The van der Waals surface area contributed by atoms with Crippen molar-refractivity contribution in [1.82, 2.24) is 14.5 Å². The molecule has 0 unspecified atom stereocenters. The summed E-state index contributed by atoms with van der Waals surface area (Å²) in [6.07, 6.45) is 1.50. The number of H-pyrrole nitrogens is 1. The molecule has 0 saturated heterocycles. The average molecular weight is 641 g/mol. The van der Waals surface area contributed by atoms with Crippen LogP contribution >= 0.6 is 11.6 Å². The molecule has 12 heteroatoms. The number of halogens is 1. The molecule has 0 spiro atoms. The first-order valence-electron chi connectivity index (χ1n) is 15.1. The number of phenols is 1. The zero-order chi connectivity index (χ0) is 32.5. The summed E-state index contributed by atoms with van der Waals surface area (Å²) < 4.78 is 6.87. The maximum Gasteiger partial charge on any atom is 0.413 e. The topological polar surface area (TPSA) is 133 Å². The molecular weight excluding hydrogens is 608 g/mol. The minimum absolute atomic E-state index is 0.0784. The van der Waals surface area contributed by atoms with Crippen LogP contribution in [0, 0.1) is 0 Å². The Hall–Kier alpha value is -5.03. The summed E-state index contributed by atoms with van der Waals surface area (Å²) in [7, 11) is 1.69. The number of hydrogen-bond acceptors (Lipinski definition) is 6. The zero-order valence-electron chi connectivity index (χ0n) is 25.8. The number of aryl methyl sites for hydroxylation is 1. The Bertz CT molecular complexity index is 2080. The number of aromatic amines is 1. The summed E-state index contributed by atoms with van der Waals surface area (Å²) in [6, 6.07) is 14.8. The van der Waals surface area contributed by atoms with Gasteiger partial charge >= 0.3 is 6.09 Å². The van der Waals surface area contributed by atoms with Crippen LogP contribution in [0.15, 0.2) is 54.7 Å². The van der Waals surface area contributed by atoms with Crippen LogP contribution in [0.1, 0.15) is 58.9 Å². The maximum atomic E-state index is 14.0. The Morgan fingerprint density at radius 2 is 1.80 bits per heavy atom. The van der Waals surface area contributed by atoms with Gasteiger partial charge in [-0.2, -0.15) is 0 Å². The molecule has 3 amide bonds. The minimum Gasteiger partial charge on any atom is -0.507 e. The second kappa shape index (κ2) is 10.8. The Morgan fingerprint density at radius 3 is 2.54 bits per heavy atom. The second-order valence-corrected chi connectivity index (χ2v) is 13.1. The summed E-state index contributed by atoms with van der Waals surface area (Å²) in [6.45, 7) is 6.13. The van der Waals surface area contributed by atoms with E-state index in [1.807, 2.05) is 42.5 Å². The third-order valence-electron chi connectivity index (χ3n) is 8.51. The van der Waals surface area contributed by atoms with Gasteiger partial charge in [-0.05, 0) is 61.9 Å². The monoisotopic (exact) mass is 640 g/mol. The molecule has 0 bridgehead atoms. The largest absolute Gasteiger partial charge is 0.507 e. The third-order valence-corrected chi connectivity index (χ3v) is 8.89. The molecule has 236 valence electrons. The lowest BCUT2D eigenvalue weighted by Crippen LogP contribution is -2.31. The van der Waals surface area contributed by atoms with Crippen LogP contribution in [0.5, 0.6) is 5.75 Å². The predicted molar refractivity (Wildman–Crippen MR) is 177 cm³/mol. The van der Waals surface area contributed by atoms with Crippen molar-refractivity contribution < 1.29 is 24.2 Å². The van der Waals surface area contributed by atoms with E-state index in [2.05, 4.69) is 15.3 Å². The number of amides is 3. The minimum atomic E-state index is -0.672. The number of aromatic hydroxyl groups is 1. The molecule has 1 atom stereocenters. The number of carbonyl (C=O) groups excluding carboxylic acids is 3. The highest BCUT2D eigenvalue weighted by Crippen LogP contribution is 2.46. The number of phenolic OH excluding ortho intramolecular Hbond substituents is 1. The van der Waals surface area contributed by atoms with Crippen molar-refractivity contribution in [1.29, 1.82) is 0 Å². The number of fused-ring (bicyclic) bond motifs is 6. The lowest BCUT2D eigenvalue weighted by atomic mass is 9.95. The summed E-state index contributed by atoms with van der Waals surface area (Å²) in [4.78, 5) is 50.9. The van der Waals surface area contributed by atoms with E-state index < -0.39 is 11.7 Å². The second-order valence-electron chi connectivity index (χ2n) is 12.7. The number of ether oxygens (including phenoxy) is 1. The predicted octanol–water partition coefficient (Wildman–Crippen LogP) is 6.29. The Balaban J connectivity index is 1.17. The molecule has 46 heavy (non-hydrogen) atoms. The van der Waals surface area contributed by atoms with Gasteiger partial charge in [0.25, 0.3) is 11.8 Å². The average Bonchev–Trinajstić information content (AvgIpc) is 3.78. The number of anilines is 3. The molecule has 7 rings (SSSR count). The highest BCUT2D eigenvalue weighted by Gasteiger charge is 2.36. The number of hydrogen-bond donors (Lipinski definition) is 3. The van der Waals surface area contributed by atoms with Crippen molar-refractivity contribution >= 4 is 68.4 Å². The Kier molecular flexibility index (Phi) is 6.97. The van der Waals surface area contributed by atoms with Crippen molar-refractivity contribution in [3.8, 4) is 5.75 Å². The van der Waals surface area contributed by atoms with Crippen LogP contribution in [-0.4, -0.2) is 62.1 Å². The molecule has 3 N–H and O–H groups in total. The first-order chi connectivity index (χ1) is 21.9. The standard InChI is InChI=1S/C34H33ClN6O5/c1-34(2,3)46-33(45)38-28-17-39(4)30(37-28)32(44)40-12-11-19-22-13-24(36-23(22)9-10-25(19)40)31(43)41-16-18(15-35)29-21-8-6-5-7-20(21)27(42)14-26(29)41/h5-10,13-14,17-18,36,42H,11-12,15-16H2,1-4H3,(H,38,45)/t18-/m0/s1. The summed E-state index contributed by atoms with van der Waals surface area (Å²) >= 11 is 6.39. The highest BCUT2D eigenvalue weighted by molar-refractivity contribution is 6.19. The van der Waals surface area contributed by atoms with Crippen LogP contribution in [0.2, 0.25) is 0 Å². The lowest BCUT2D eigenvalue weighted by Gasteiger charge is -2.19. The van der Waals surface area contributed by atoms with E-state index in [0.717, 1.165) is 38.5 Å². The number of carbonyl (C=O) groups is 3. The zero-order valence-corrected chi connectivity index (χ0v) is 26.6. The van der Waals surface area contributed by atoms with E-state index >= 15 is 0 Å². The fourth-order valence-corrected chi connectivity index (χ4v) is 6.83. The van der Waals surface area contributed by atoms with Gasteiger partial charge in [-0.3, -0.25) is 14.9 Å². The van der Waals surface area contributed by atoms with E-state index in [-0.39, 0.29) is 35.1 Å². The van der Waals surface area contributed by atoms with Crippen molar-refractivity contribution in [2.24, 2.45) is 7.05 Å². The third kappa shape index (κ3) is 4.91. The fourth-order valence-electron chi connectivity index (χ4n) is 6.58. The Labute approximate surface area is 269 Å². The molecular formula is C34H33ClN6O5. The first kappa shape index (κ1) is 29.7. The Morgan fingerprint density at radius 1 is 1.04 bits per heavy atom. The van der Waals surface area contributed by atoms with E-state index in [0.29, 0.717) is 36.8 Å². The van der Waals surface area contributed by atoms with Gasteiger partial charge < -0.3 is 29.2 Å². The number of nitrogens with one attached hydrogen (secondary N) is 2. The van der Waals surface area contributed by atoms with E-state index in [1.54, 1.807) is 54.4 Å². The van der Waals surface area contributed by atoms with E-state index in [9.17, 15) is 19.5 Å². The molecule has 5 aromatic rings. The number of aromatic nitrogens is 3. The van der Waals surface area contributed by atoms with Gasteiger partial charge in [-0.15, -0.1) is 11.6 Å². The molecule has 0 fully saturated rings. The number of nitrogens with zero attached hydrogens (tertiary/aromatic N) is 4. The SMILES string of the molecule is Cn1cc(NC(=O)OC(C)(C)C)nc1C(=O)N1CCc2c1ccc1[nH]c(C(=O)N3C[C@H](CCl)c4c3cc(O)c3ccccc43)cc21. The molecule has 0 radical (unpaired) electrons. The molecule has 0 aliphatic carbocycles. The van der Waals surface area contributed by atoms with Crippen molar-refractivity contribution in [3.63, 3.8) is 0 Å². The number of imidazole rings is 1. The summed E-state index contributed by atoms with van der Waals surface area (Å²) in [5, 5.41) is 15.9. The molecule has 3 aromatic carbocycles. The van der Waals surface area contributed by atoms with Crippen molar-refractivity contribution in [2.75, 3.05) is 34.1 Å². The van der Waals surface area contributed by atoms with Crippen LogP contribution in [0.25, 0.3) is 21.7 Å². The van der Waals surface area contributed by atoms with Gasteiger partial charge in [0, 0.05) is 66.2 Å². The van der Waals surface area contributed by atoms with Gasteiger partial charge in [0.1, 0.15) is 17.0 Å². The number of rotatable bonds is 4. The van der Waals surface area contributed by atoms with Gasteiger partial charge in [0.05, 0.1) is 5.69 Å². The molecule has 2 aliphatic heterocycles. The van der Waals surface area contributed by atoms with E-state index in [4.69, 9.17) is 16.3 Å². The van der Waals surface area contributed by atoms with Crippen LogP contribution in [0.3, 0.4) is 0 Å². The van der Waals surface area contributed by atoms with Gasteiger partial charge in [0.15, 0.2) is 5.82 Å². The lowest BCUT2D eigenvalue weighted by molar-refractivity contribution is 0.0634. The maximum absolute atomic E-state index is 14.0. The van der Waals surface area contributed by atoms with Crippen molar-refractivity contribution in [2.45, 2.75) is 38.7 Å². The number of benzene rings is 3. The van der Waals surface area contributed by atoms with Crippen LogP contribution < -0.4 is 15.1 Å². The molecule has 2 aromatic heterocycles. The van der Waals surface area contributed by atoms with Gasteiger partial charge in [0.2, 0.25) is 5.82 Å².